The molecular formula is C20H17ClF2N4O3. The Hall–Kier alpha value is -3.20. The molecule has 0 unspecified atom stereocenters. The topological polar surface area (TPSA) is 69.5 Å². The molecule has 0 aliphatic carbocycles. The quantitative estimate of drug-likeness (QED) is 0.576. The second kappa shape index (κ2) is 8.27. The van der Waals surface area contributed by atoms with Gasteiger partial charge in [-0.2, -0.15) is 0 Å². The Morgan fingerprint density at radius 3 is 2.53 bits per heavy atom. The fourth-order valence-corrected chi connectivity index (χ4v) is 3.54. The number of benzene rings is 2. The lowest BCUT2D eigenvalue weighted by molar-refractivity contribution is 0.117. The summed E-state index contributed by atoms with van der Waals surface area (Å²) in [5.41, 5.74) is 0.735. The molecule has 1 aromatic heterocycles. The molecule has 156 valence electrons. The van der Waals surface area contributed by atoms with Crippen LogP contribution in [0.15, 0.2) is 48.7 Å². The maximum absolute atomic E-state index is 14.0. The van der Waals surface area contributed by atoms with Gasteiger partial charge in [-0.05, 0) is 48.9 Å². The summed E-state index contributed by atoms with van der Waals surface area (Å²) in [6, 6.07) is 8.84. The number of aromatic nitrogens is 3. The van der Waals surface area contributed by atoms with Gasteiger partial charge in [0.1, 0.15) is 23.8 Å². The van der Waals surface area contributed by atoms with Crippen LogP contribution in [0.25, 0.3) is 0 Å². The minimum absolute atomic E-state index is 0.110. The summed E-state index contributed by atoms with van der Waals surface area (Å²) in [6.07, 6.45) is 0.124. The monoisotopic (exact) mass is 434 g/mol. The van der Waals surface area contributed by atoms with Crippen LogP contribution >= 0.6 is 11.6 Å². The van der Waals surface area contributed by atoms with E-state index in [0.29, 0.717) is 23.2 Å². The van der Waals surface area contributed by atoms with E-state index in [0.717, 1.165) is 6.07 Å². The number of hydrogen-bond donors (Lipinski definition) is 0. The standard InChI is InChI=1S/C20H17ClF2N4O3/c1-2-29-18-11-26(25-24-18)10-17-19(12-7-14(22)9-15(23)8-12)27(20(28)30-17)16-5-3-13(21)4-6-16/h3-9,11,17,19H,2,10H2,1H3/t17-,19-/m0/s1. The van der Waals surface area contributed by atoms with Crippen molar-refractivity contribution in [3.8, 4) is 5.88 Å². The van der Waals surface area contributed by atoms with Gasteiger partial charge < -0.3 is 9.47 Å². The number of carbonyl (C=O) groups is 1. The van der Waals surface area contributed by atoms with Crippen LogP contribution in [-0.2, 0) is 11.3 Å². The minimum atomic E-state index is -0.802. The van der Waals surface area contributed by atoms with Crippen molar-refractivity contribution in [1.29, 1.82) is 0 Å². The van der Waals surface area contributed by atoms with Crippen molar-refractivity contribution in [2.45, 2.75) is 25.6 Å². The number of cyclic esters (lactones) is 1. The summed E-state index contributed by atoms with van der Waals surface area (Å²) in [5.74, 6) is -1.18. The number of hydrogen-bond acceptors (Lipinski definition) is 5. The Bertz CT molecular complexity index is 1040. The van der Waals surface area contributed by atoms with Gasteiger partial charge in [-0.25, -0.2) is 18.3 Å². The molecule has 1 amide bonds. The number of halogens is 3. The van der Waals surface area contributed by atoms with Crippen LogP contribution in [0.3, 0.4) is 0 Å². The molecule has 3 aromatic rings. The Morgan fingerprint density at radius 2 is 1.87 bits per heavy atom. The first kappa shape index (κ1) is 20.1. The molecule has 1 fully saturated rings. The van der Waals surface area contributed by atoms with E-state index in [4.69, 9.17) is 21.1 Å². The van der Waals surface area contributed by atoms with E-state index < -0.39 is 29.9 Å². The first-order chi connectivity index (χ1) is 14.4. The van der Waals surface area contributed by atoms with E-state index >= 15 is 0 Å². The van der Waals surface area contributed by atoms with Crippen molar-refractivity contribution in [2.24, 2.45) is 0 Å². The zero-order valence-corrected chi connectivity index (χ0v) is 16.6. The Kier molecular flexibility index (Phi) is 5.54. The van der Waals surface area contributed by atoms with E-state index in [-0.39, 0.29) is 12.1 Å². The third kappa shape index (κ3) is 4.06. The molecule has 1 saturated heterocycles. The van der Waals surface area contributed by atoms with Gasteiger partial charge in [-0.1, -0.05) is 21.9 Å². The van der Waals surface area contributed by atoms with Crippen molar-refractivity contribution >= 4 is 23.4 Å². The first-order valence-electron chi connectivity index (χ1n) is 9.19. The van der Waals surface area contributed by atoms with Gasteiger partial charge in [0.15, 0.2) is 0 Å². The average molecular weight is 435 g/mol. The normalized spacial score (nSPS) is 18.5. The summed E-state index contributed by atoms with van der Waals surface area (Å²) in [4.78, 5) is 14.1. The van der Waals surface area contributed by atoms with Crippen LogP contribution in [0, 0.1) is 11.6 Å². The highest BCUT2D eigenvalue weighted by molar-refractivity contribution is 6.30. The van der Waals surface area contributed by atoms with Crippen molar-refractivity contribution in [1.82, 2.24) is 15.0 Å². The van der Waals surface area contributed by atoms with Gasteiger partial charge in [-0.15, -0.1) is 0 Å². The number of carbonyl (C=O) groups excluding carboxylic acids is 1. The molecular weight excluding hydrogens is 418 g/mol. The van der Waals surface area contributed by atoms with Crippen LogP contribution in [-0.4, -0.2) is 33.8 Å². The number of amides is 1. The third-order valence-corrected chi connectivity index (χ3v) is 4.84. The predicted molar refractivity (Wildman–Crippen MR) is 104 cm³/mol. The molecule has 0 N–H and O–H groups in total. The Morgan fingerprint density at radius 1 is 1.17 bits per heavy atom. The third-order valence-electron chi connectivity index (χ3n) is 4.59. The molecule has 0 spiro atoms. The van der Waals surface area contributed by atoms with Crippen LogP contribution in [0.2, 0.25) is 5.02 Å². The van der Waals surface area contributed by atoms with Crippen molar-refractivity contribution in [2.75, 3.05) is 11.5 Å². The number of rotatable bonds is 6. The van der Waals surface area contributed by atoms with Crippen LogP contribution < -0.4 is 9.64 Å². The Labute approximate surface area is 175 Å². The smallest absolute Gasteiger partial charge is 0.415 e. The van der Waals surface area contributed by atoms with Gasteiger partial charge in [0.2, 0.25) is 0 Å². The zero-order valence-electron chi connectivity index (χ0n) is 15.8. The minimum Gasteiger partial charge on any atom is -0.476 e. The molecule has 7 nitrogen and oxygen atoms in total. The van der Waals surface area contributed by atoms with E-state index in [9.17, 15) is 13.6 Å². The van der Waals surface area contributed by atoms with Gasteiger partial charge >= 0.3 is 6.09 Å². The van der Waals surface area contributed by atoms with Gasteiger partial charge in [-0.3, -0.25) is 4.90 Å². The summed E-state index contributed by atoms with van der Waals surface area (Å²) in [7, 11) is 0. The highest BCUT2D eigenvalue weighted by Gasteiger charge is 2.44. The highest BCUT2D eigenvalue weighted by atomic mass is 35.5. The molecule has 10 heteroatoms. The van der Waals surface area contributed by atoms with E-state index in [1.165, 1.54) is 21.7 Å². The van der Waals surface area contributed by atoms with Gasteiger partial charge in [0.25, 0.3) is 5.88 Å². The number of nitrogens with zero attached hydrogens (tertiary/aromatic N) is 4. The second-order valence-corrected chi connectivity index (χ2v) is 7.06. The maximum atomic E-state index is 14.0. The number of ether oxygens (including phenoxy) is 2. The van der Waals surface area contributed by atoms with Crippen LogP contribution in [0.5, 0.6) is 5.88 Å². The fourth-order valence-electron chi connectivity index (χ4n) is 3.41. The lowest BCUT2D eigenvalue weighted by Gasteiger charge is -2.25. The van der Waals surface area contributed by atoms with Gasteiger partial charge in [0, 0.05) is 16.8 Å². The zero-order chi connectivity index (χ0) is 21.3. The average Bonchev–Trinajstić information content (AvgIpc) is 3.26. The van der Waals surface area contributed by atoms with Gasteiger partial charge in [0.05, 0.1) is 19.3 Å². The lowest BCUT2D eigenvalue weighted by atomic mass is 9.99. The van der Waals surface area contributed by atoms with Crippen molar-refractivity contribution < 1.29 is 23.0 Å². The van der Waals surface area contributed by atoms with Crippen LogP contribution in [0.1, 0.15) is 18.5 Å². The maximum Gasteiger partial charge on any atom is 0.415 e. The molecule has 1 aliphatic rings. The largest absolute Gasteiger partial charge is 0.476 e. The van der Waals surface area contributed by atoms with E-state index in [1.54, 1.807) is 30.5 Å². The second-order valence-electron chi connectivity index (χ2n) is 6.63. The highest BCUT2D eigenvalue weighted by Crippen LogP contribution is 2.39. The van der Waals surface area contributed by atoms with Crippen LogP contribution in [0.4, 0.5) is 19.3 Å². The molecule has 0 bridgehead atoms. The van der Waals surface area contributed by atoms with E-state index in [2.05, 4.69) is 10.3 Å². The first-order valence-corrected chi connectivity index (χ1v) is 9.56. The van der Waals surface area contributed by atoms with E-state index in [1.807, 2.05) is 6.92 Å². The summed E-state index contributed by atoms with van der Waals surface area (Å²) >= 11 is 5.95. The lowest BCUT2D eigenvalue weighted by Crippen LogP contribution is -2.31. The molecule has 2 atom stereocenters. The molecule has 0 radical (unpaired) electrons. The SMILES string of the molecule is CCOc1cn(C[C@@H]2OC(=O)N(c3ccc(Cl)cc3)[C@H]2c2cc(F)cc(F)c2)nn1. The molecule has 2 aromatic carbocycles. The summed E-state index contributed by atoms with van der Waals surface area (Å²) in [6.45, 7) is 2.35. The molecule has 30 heavy (non-hydrogen) atoms. The summed E-state index contributed by atoms with van der Waals surface area (Å²) < 4.78 is 40.2. The molecule has 0 saturated carbocycles. The predicted octanol–water partition coefficient (Wildman–Crippen LogP) is 4.38. The number of anilines is 1. The summed E-state index contributed by atoms with van der Waals surface area (Å²) in [5, 5.41) is 8.33. The molecule has 4 rings (SSSR count). The van der Waals surface area contributed by atoms with Crippen molar-refractivity contribution in [3.63, 3.8) is 0 Å². The Balaban J connectivity index is 1.72. The molecule has 1 aliphatic heterocycles. The molecule has 2 heterocycles. The fraction of sp³-hybridized carbons (Fsp3) is 0.250. The van der Waals surface area contributed by atoms with Crippen molar-refractivity contribution in [3.05, 3.63) is 70.9 Å².